The molecule has 21 heavy (non-hydrogen) atoms. The van der Waals surface area contributed by atoms with Crippen LogP contribution in [0.2, 0.25) is 0 Å². The first-order chi connectivity index (χ1) is 9.94. The second-order valence-electron chi connectivity index (χ2n) is 4.68. The number of thiazole rings is 1. The summed E-state index contributed by atoms with van der Waals surface area (Å²) in [5.74, 6) is -0.465. The highest BCUT2D eigenvalue weighted by Gasteiger charge is 2.20. The van der Waals surface area contributed by atoms with Crippen molar-refractivity contribution >= 4 is 31.4 Å². The minimum atomic E-state index is -3.48. The van der Waals surface area contributed by atoms with E-state index in [0.29, 0.717) is 16.6 Å². The predicted molar refractivity (Wildman–Crippen MR) is 78.5 cm³/mol. The summed E-state index contributed by atoms with van der Waals surface area (Å²) in [6, 6.07) is 4.08. The van der Waals surface area contributed by atoms with Crippen LogP contribution in [-0.4, -0.2) is 28.9 Å². The molecule has 0 spiro atoms. The van der Waals surface area contributed by atoms with Crippen LogP contribution in [0.3, 0.4) is 0 Å². The van der Waals surface area contributed by atoms with Crippen molar-refractivity contribution in [1.82, 2.24) is 14.8 Å². The van der Waals surface area contributed by atoms with Gasteiger partial charge in [0.2, 0.25) is 14.2 Å². The molecule has 0 aliphatic rings. The van der Waals surface area contributed by atoms with E-state index in [1.54, 1.807) is 30.2 Å². The maximum Gasteiger partial charge on any atom is 0.210 e. The molecule has 0 atom stereocenters. The van der Waals surface area contributed by atoms with Gasteiger partial charge < -0.3 is 0 Å². The maximum atomic E-state index is 13.1. The summed E-state index contributed by atoms with van der Waals surface area (Å²) in [7, 11) is -1.70. The van der Waals surface area contributed by atoms with E-state index in [0.717, 1.165) is 16.9 Å². The molecule has 3 rings (SSSR count). The molecular weight excluding hydrogens is 313 g/mol. The molecule has 110 valence electrons. The predicted octanol–water partition coefficient (Wildman–Crippen LogP) is 2.19. The first-order valence-electron chi connectivity index (χ1n) is 6.20. The highest BCUT2D eigenvalue weighted by atomic mass is 32.2. The minimum absolute atomic E-state index is 0.0343. The summed E-state index contributed by atoms with van der Waals surface area (Å²) in [5, 5.41) is 4.00. The van der Waals surface area contributed by atoms with Crippen LogP contribution in [0.25, 0.3) is 10.2 Å². The van der Waals surface area contributed by atoms with Crippen LogP contribution < -0.4 is 0 Å². The van der Waals surface area contributed by atoms with Crippen molar-refractivity contribution in [3.8, 4) is 0 Å². The van der Waals surface area contributed by atoms with Gasteiger partial charge in [-0.05, 0) is 24.1 Å². The Bertz CT molecular complexity index is 899. The topological polar surface area (TPSA) is 64.8 Å². The van der Waals surface area contributed by atoms with E-state index in [-0.39, 0.29) is 10.1 Å². The van der Waals surface area contributed by atoms with Gasteiger partial charge in [-0.15, -0.1) is 11.3 Å². The number of hydrogen-bond donors (Lipinski definition) is 0. The van der Waals surface area contributed by atoms with Crippen LogP contribution in [0.4, 0.5) is 4.39 Å². The van der Waals surface area contributed by atoms with E-state index in [4.69, 9.17) is 0 Å². The Morgan fingerprint density at radius 2 is 2.19 bits per heavy atom. The lowest BCUT2D eigenvalue weighted by molar-refractivity contribution is 0.594. The minimum Gasteiger partial charge on any atom is -0.276 e. The van der Waals surface area contributed by atoms with E-state index in [2.05, 4.69) is 10.1 Å². The SMILES string of the molecule is Cn1cc(CCS(=O)(=O)c2nc3cc(F)ccc3s2)cn1. The largest absolute Gasteiger partial charge is 0.276 e. The molecule has 2 aromatic heterocycles. The first-order valence-corrected chi connectivity index (χ1v) is 8.67. The van der Waals surface area contributed by atoms with Crippen molar-refractivity contribution in [2.75, 3.05) is 5.75 Å². The van der Waals surface area contributed by atoms with Gasteiger partial charge in [-0.1, -0.05) is 0 Å². The lowest BCUT2D eigenvalue weighted by Gasteiger charge is -1.98. The molecule has 0 aliphatic heterocycles. The molecule has 5 nitrogen and oxygen atoms in total. The third-order valence-corrected chi connectivity index (χ3v) is 6.22. The number of halogens is 1. The second kappa shape index (κ2) is 5.19. The highest BCUT2D eigenvalue weighted by Crippen LogP contribution is 2.27. The molecule has 0 amide bonds. The number of sulfone groups is 1. The Hall–Kier alpha value is -1.80. The maximum absolute atomic E-state index is 13.1. The fraction of sp³-hybridized carbons (Fsp3) is 0.231. The summed E-state index contributed by atoms with van der Waals surface area (Å²) in [4.78, 5) is 4.03. The summed E-state index contributed by atoms with van der Waals surface area (Å²) < 4.78 is 40.0. The number of hydrogen-bond acceptors (Lipinski definition) is 5. The molecule has 2 heterocycles. The zero-order chi connectivity index (χ0) is 15.0. The molecule has 1 aromatic carbocycles. The van der Waals surface area contributed by atoms with Crippen LogP contribution in [0.15, 0.2) is 34.9 Å². The van der Waals surface area contributed by atoms with Crippen molar-refractivity contribution in [3.05, 3.63) is 42.0 Å². The Balaban J connectivity index is 1.85. The highest BCUT2D eigenvalue weighted by molar-refractivity contribution is 7.93. The smallest absolute Gasteiger partial charge is 0.210 e. The molecule has 0 N–H and O–H groups in total. The van der Waals surface area contributed by atoms with Crippen molar-refractivity contribution in [1.29, 1.82) is 0 Å². The van der Waals surface area contributed by atoms with Crippen LogP contribution >= 0.6 is 11.3 Å². The summed E-state index contributed by atoms with van der Waals surface area (Å²) >= 11 is 1.07. The molecule has 0 unspecified atom stereocenters. The fourth-order valence-corrected chi connectivity index (χ4v) is 4.57. The third-order valence-electron chi connectivity index (χ3n) is 3.01. The van der Waals surface area contributed by atoms with Crippen LogP contribution in [0.5, 0.6) is 0 Å². The molecule has 3 aromatic rings. The average molecular weight is 325 g/mol. The molecule has 0 fully saturated rings. The molecule has 8 heteroatoms. The average Bonchev–Trinajstić information content (AvgIpc) is 3.02. The van der Waals surface area contributed by atoms with Gasteiger partial charge in [0, 0.05) is 19.3 Å². The van der Waals surface area contributed by atoms with E-state index in [1.165, 1.54) is 12.1 Å². The molecule has 0 saturated carbocycles. The summed E-state index contributed by atoms with van der Waals surface area (Å²) in [6.45, 7) is 0. The number of nitrogens with zero attached hydrogens (tertiary/aromatic N) is 3. The van der Waals surface area contributed by atoms with Crippen molar-refractivity contribution in [2.45, 2.75) is 10.8 Å². The van der Waals surface area contributed by atoms with Gasteiger partial charge >= 0.3 is 0 Å². The third kappa shape index (κ3) is 2.96. The quantitative estimate of drug-likeness (QED) is 0.737. The number of fused-ring (bicyclic) bond motifs is 1. The summed E-state index contributed by atoms with van der Waals surface area (Å²) in [6.07, 6.45) is 3.80. The molecular formula is C13H12FN3O2S2. The normalized spacial score (nSPS) is 12.1. The number of rotatable bonds is 4. The zero-order valence-electron chi connectivity index (χ0n) is 11.2. The Morgan fingerprint density at radius 1 is 1.38 bits per heavy atom. The van der Waals surface area contributed by atoms with Crippen molar-refractivity contribution < 1.29 is 12.8 Å². The van der Waals surface area contributed by atoms with Gasteiger partial charge in [-0.25, -0.2) is 17.8 Å². The van der Waals surface area contributed by atoms with Gasteiger partial charge in [-0.2, -0.15) is 5.10 Å². The zero-order valence-corrected chi connectivity index (χ0v) is 12.8. The van der Waals surface area contributed by atoms with Gasteiger partial charge in [0.25, 0.3) is 0 Å². The molecule has 0 saturated heterocycles. The van der Waals surface area contributed by atoms with Gasteiger partial charge in [-0.3, -0.25) is 4.68 Å². The standard InChI is InChI=1S/C13H12FN3O2S2/c1-17-8-9(7-15-17)4-5-21(18,19)13-16-11-6-10(14)2-3-12(11)20-13/h2-3,6-8H,4-5H2,1H3. The molecule has 0 radical (unpaired) electrons. The van der Waals surface area contributed by atoms with Crippen LogP contribution in [-0.2, 0) is 23.3 Å². The van der Waals surface area contributed by atoms with E-state index < -0.39 is 15.7 Å². The monoisotopic (exact) mass is 325 g/mol. The van der Waals surface area contributed by atoms with Gasteiger partial charge in [0.05, 0.1) is 22.2 Å². The number of aromatic nitrogens is 3. The Labute approximate surface area is 125 Å². The summed E-state index contributed by atoms with van der Waals surface area (Å²) in [5.41, 5.74) is 1.23. The van der Waals surface area contributed by atoms with Crippen LogP contribution in [0, 0.1) is 5.82 Å². The fourth-order valence-electron chi connectivity index (χ4n) is 1.95. The lowest BCUT2D eigenvalue weighted by Crippen LogP contribution is -2.08. The van der Waals surface area contributed by atoms with E-state index in [9.17, 15) is 12.8 Å². The lowest BCUT2D eigenvalue weighted by atomic mass is 10.3. The number of aryl methyl sites for hydroxylation is 2. The molecule has 0 aliphatic carbocycles. The van der Waals surface area contributed by atoms with Gasteiger partial charge in [0.1, 0.15) is 5.82 Å². The van der Waals surface area contributed by atoms with Crippen molar-refractivity contribution in [2.24, 2.45) is 7.05 Å². The van der Waals surface area contributed by atoms with E-state index in [1.807, 2.05) is 0 Å². The van der Waals surface area contributed by atoms with E-state index >= 15 is 0 Å². The second-order valence-corrected chi connectivity index (χ2v) is 8.00. The van der Waals surface area contributed by atoms with Gasteiger partial charge in [0.15, 0.2) is 0 Å². The number of benzene rings is 1. The first kappa shape index (κ1) is 14.2. The molecule has 0 bridgehead atoms. The van der Waals surface area contributed by atoms with Crippen LogP contribution in [0.1, 0.15) is 5.56 Å². The Kier molecular flexibility index (Phi) is 3.50. The van der Waals surface area contributed by atoms with Crippen molar-refractivity contribution in [3.63, 3.8) is 0 Å². The Morgan fingerprint density at radius 3 is 2.90 bits per heavy atom.